The Bertz CT molecular complexity index is 403. The molecule has 1 rings (SSSR count). The van der Waals surface area contributed by atoms with E-state index in [-0.39, 0.29) is 17.9 Å². The fourth-order valence-electron chi connectivity index (χ4n) is 2.10. The summed E-state index contributed by atoms with van der Waals surface area (Å²) in [7, 11) is -3.46. The zero-order valence-corrected chi connectivity index (χ0v) is 13.0. The molecule has 0 bridgehead atoms. The Labute approximate surface area is 121 Å². The fourth-order valence-corrected chi connectivity index (χ4v) is 3.35. The van der Waals surface area contributed by atoms with Gasteiger partial charge in [-0.3, -0.25) is 4.79 Å². The predicted molar refractivity (Wildman–Crippen MR) is 76.1 cm³/mol. The SMILES string of the molecule is CCOC(=O)C1CCN(S(=O)(=O)NCCC(C)N)CC1. The fraction of sp³-hybridized carbons (Fsp3) is 0.917. The molecular weight excluding hydrogens is 282 g/mol. The van der Waals surface area contributed by atoms with Gasteiger partial charge in [0.1, 0.15) is 0 Å². The Kier molecular flexibility index (Phi) is 6.87. The molecule has 1 fully saturated rings. The lowest BCUT2D eigenvalue weighted by atomic mass is 9.98. The Morgan fingerprint density at radius 2 is 2.05 bits per heavy atom. The number of esters is 1. The molecule has 1 saturated heterocycles. The standard InChI is InChI=1S/C12H25N3O4S/c1-3-19-12(16)11-5-8-15(9-6-11)20(17,18)14-7-4-10(2)13/h10-11,14H,3-9,13H2,1-2H3. The molecule has 20 heavy (non-hydrogen) atoms. The van der Waals surface area contributed by atoms with Gasteiger partial charge in [-0.05, 0) is 33.1 Å². The van der Waals surface area contributed by atoms with Gasteiger partial charge in [-0.1, -0.05) is 0 Å². The number of hydrogen-bond donors (Lipinski definition) is 2. The average molecular weight is 307 g/mol. The van der Waals surface area contributed by atoms with Crippen molar-refractivity contribution >= 4 is 16.2 Å². The van der Waals surface area contributed by atoms with Crippen LogP contribution in [0.5, 0.6) is 0 Å². The van der Waals surface area contributed by atoms with Gasteiger partial charge in [0.05, 0.1) is 12.5 Å². The van der Waals surface area contributed by atoms with Crippen LogP contribution in [0.15, 0.2) is 0 Å². The minimum absolute atomic E-state index is 0.0350. The van der Waals surface area contributed by atoms with Crippen molar-refractivity contribution in [2.75, 3.05) is 26.2 Å². The minimum Gasteiger partial charge on any atom is -0.466 e. The molecule has 8 heteroatoms. The largest absolute Gasteiger partial charge is 0.466 e. The topological polar surface area (TPSA) is 102 Å². The van der Waals surface area contributed by atoms with Crippen LogP contribution < -0.4 is 10.5 Å². The molecule has 0 saturated carbocycles. The second-order valence-corrected chi connectivity index (χ2v) is 6.85. The Morgan fingerprint density at radius 1 is 1.45 bits per heavy atom. The zero-order valence-electron chi connectivity index (χ0n) is 12.2. The number of nitrogens with zero attached hydrogens (tertiary/aromatic N) is 1. The van der Waals surface area contributed by atoms with Crippen LogP contribution in [0.25, 0.3) is 0 Å². The highest BCUT2D eigenvalue weighted by molar-refractivity contribution is 7.87. The van der Waals surface area contributed by atoms with Crippen LogP contribution in [0.2, 0.25) is 0 Å². The second-order valence-electron chi connectivity index (χ2n) is 5.09. The number of piperidine rings is 1. The van der Waals surface area contributed by atoms with Crippen molar-refractivity contribution in [2.24, 2.45) is 11.7 Å². The molecule has 3 N–H and O–H groups in total. The van der Waals surface area contributed by atoms with Crippen LogP contribution in [0, 0.1) is 5.92 Å². The number of rotatable bonds is 7. The summed E-state index contributed by atoms with van der Waals surface area (Å²) in [5, 5.41) is 0. The van der Waals surface area contributed by atoms with E-state index in [4.69, 9.17) is 10.5 Å². The lowest BCUT2D eigenvalue weighted by Gasteiger charge is -2.30. The van der Waals surface area contributed by atoms with E-state index in [2.05, 4.69) is 4.72 Å². The summed E-state index contributed by atoms with van der Waals surface area (Å²) in [5.41, 5.74) is 5.58. The first-order valence-corrected chi connectivity index (χ1v) is 8.47. The molecule has 0 aliphatic carbocycles. The van der Waals surface area contributed by atoms with Crippen LogP contribution in [0.3, 0.4) is 0 Å². The van der Waals surface area contributed by atoms with E-state index >= 15 is 0 Å². The van der Waals surface area contributed by atoms with Gasteiger partial charge < -0.3 is 10.5 Å². The highest BCUT2D eigenvalue weighted by atomic mass is 32.2. The van der Waals surface area contributed by atoms with Crippen molar-refractivity contribution in [1.29, 1.82) is 0 Å². The number of ether oxygens (including phenoxy) is 1. The van der Waals surface area contributed by atoms with E-state index in [1.54, 1.807) is 6.92 Å². The van der Waals surface area contributed by atoms with Crippen LogP contribution in [0.4, 0.5) is 0 Å². The van der Waals surface area contributed by atoms with E-state index in [1.807, 2.05) is 6.92 Å². The maximum Gasteiger partial charge on any atom is 0.309 e. The Hall–Kier alpha value is -0.700. The van der Waals surface area contributed by atoms with Crippen molar-refractivity contribution in [1.82, 2.24) is 9.03 Å². The van der Waals surface area contributed by atoms with Gasteiger partial charge in [-0.2, -0.15) is 12.7 Å². The quantitative estimate of drug-likeness (QED) is 0.636. The third kappa shape index (κ3) is 5.35. The number of carbonyl (C=O) groups excluding carboxylic acids is 1. The smallest absolute Gasteiger partial charge is 0.309 e. The summed E-state index contributed by atoms with van der Waals surface area (Å²) in [6.07, 6.45) is 1.61. The summed E-state index contributed by atoms with van der Waals surface area (Å²) in [6.45, 7) is 4.97. The van der Waals surface area contributed by atoms with Crippen LogP contribution in [-0.2, 0) is 19.7 Å². The molecule has 1 unspecified atom stereocenters. The highest BCUT2D eigenvalue weighted by Gasteiger charge is 2.31. The lowest BCUT2D eigenvalue weighted by molar-refractivity contribution is -0.149. The van der Waals surface area contributed by atoms with Gasteiger partial charge in [-0.25, -0.2) is 4.72 Å². The van der Waals surface area contributed by atoms with Crippen molar-refractivity contribution in [3.63, 3.8) is 0 Å². The molecule has 1 heterocycles. The van der Waals surface area contributed by atoms with Crippen LogP contribution >= 0.6 is 0 Å². The lowest BCUT2D eigenvalue weighted by Crippen LogP contribution is -2.46. The van der Waals surface area contributed by atoms with Crippen LogP contribution in [0.1, 0.15) is 33.1 Å². The summed E-state index contributed by atoms with van der Waals surface area (Å²) < 4.78 is 32.9. The van der Waals surface area contributed by atoms with Gasteiger partial charge in [-0.15, -0.1) is 0 Å². The average Bonchev–Trinajstić information content (AvgIpc) is 2.38. The van der Waals surface area contributed by atoms with E-state index < -0.39 is 10.2 Å². The van der Waals surface area contributed by atoms with Gasteiger partial charge in [0.2, 0.25) is 0 Å². The summed E-state index contributed by atoms with van der Waals surface area (Å²) >= 11 is 0. The molecule has 7 nitrogen and oxygen atoms in total. The third-order valence-corrected chi connectivity index (χ3v) is 4.91. The second kappa shape index (κ2) is 7.92. The van der Waals surface area contributed by atoms with Crippen LogP contribution in [-0.4, -0.2) is 51.0 Å². The molecule has 1 aliphatic heterocycles. The molecule has 0 radical (unpaired) electrons. The van der Waals surface area contributed by atoms with Gasteiger partial charge >= 0.3 is 5.97 Å². The molecular formula is C12H25N3O4S. The van der Waals surface area contributed by atoms with Gasteiger partial charge in [0.25, 0.3) is 10.2 Å². The number of hydrogen-bond acceptors (Lipinski definition) is 5. The predicted octanol–water partition coefficient (Wildman–Crippen LogP) is -0.167. The molecule has 0 aromatic rings. The molecule has 0 spiro atoms. The first-order valence-electron chi connectivity index (χ1n) is 7.03. The molecule has 0 aromatic heterocycles. The molecule has 0 amide bonds. The summed E-state index contributed by atoms with van der Waals surface area (Å²) in [4.78, 5) is 11.6. The van der Waals surface area contributed by atoms with Crippen molar-refractivity contribution in [2.45, 2.75) is 39.2 Å². The maximum atomic E-state index is 12.0. The molecule has 0 aromatic carbocycles. The van der Waals surface area contributed by atoms with Crippen molar-refractivity contribution < 1.29 is 17.9 Å². The van der Waals surface area contributed by atoms with Crippen molar-refractivity contribution in [3.05, 3.63) is 0 Å². The minimum atomic E-state index is -3.46. The normalized spacial score (nSPS) is 19.8. The van der Waals surface area contributed by atoms with Gasteiger partial charge in [0.15, 0.2) is 0 Å². The number of nitrogens with one attached hydrogen (secondary N) is 1. The van der Waals surface area contributed by atoms with E-state index in [1.165, 1.54) is 4.31 Å². The van der Waals surface area contributed by atoms with E-state index in [0.717, 1.165) is 0 Å². The van der Waals surface area contributed by atoms with E-state index in [9.17, 15) is 13.2 Å². The Morgan fingerprint density at radius 3 is 2.55 bits per heavy atom. The monoisotopic (exact) mass is 307 g/mol. The van der Waals surface area contributed by atoms with E-state index in [0.29, 0.717) is 45.5 Å². The van der Waals surface area contributed by atoms with Crippen molar-refractivity contribution in [3.8, 4) is 0 Å². The first-order chi connectivity index (χ1) is 9.36. The maximum absolute atomic E-state index is 12.0. The molecule has 118 valence electrons. The zero-order chi connectivity index (χ0) is 15.2. The first kappa shape index (κ1) is 17.4. The number of carbonyl (C=O) groups is 1. The number of nitrogens with two attached hydrogens (primary N) is 1. The molecule has 1 aliphatic rings. The highest BCUT2D eigenvalue weighted by Crippen LogP contribution is 2.20. The Balaban J connectivity index is 2.41. The third-order valence-electron chi connectivity index (χ3n) is 3.30. The summed E-state index contributed by atoms with van der Waals surface area (Å²) in [5.74, 6) is -0.417. The summed E-state index contributed by atoms with van der Waals surface area (Å²) in [6, 6.07) is -0.0350. The van der Waals surface area contributed by atoms with Gasteiger partial charge in [0, 0.05) is 25.7 Å². The molecule has 1 atom stereocenters.